The highest BCUT2D eigenvalue weighted by molar-refractivity contribution is 9.10. The van der Waals surface area contributed by atoms with Gasteiger partial charge in [0.2, 0.25) is 5.88 Å². The lowest BCUT2D eigenvalue weighted by Crippen LogP contribution is -2.14. The maximum atomic E-state index is 13.4. The average Bonchev–Trinajstić information content (AvgIpc) is 2.55. The van der Waals surface area contributed by atoms with Gasteiger partial charge in [-0.05, 0) is 60.5 Å². The van der Waals surface area contributed by atoms with Gasteiger partial charge in [-0.3, -0.25) is 0 Å². The monoisotopic (exact) mass is 411 g/mol. The molecule has 0 saturated carbocycles. The normalized spacial score (nSPS) is 12.4. The summed E-state index contributed by atoms with van der Waals surface area (Å²) in [6, 6.07) is 5.12. The molecule has 0 amide bonds. The molecule has 1 heterocycles. The third-order valence-corrected chi connectivity index (χ3v) is 4.21. The van der Waals surface area contributed by atoms with Crippen molar-refractivity contribution in [3.05, 3.63) is 51.6 Å². The Balaban J connectivity index is 2.22. The Labute approximate surface area is 154 Å². The van der Waals surface area contributed by atoms with Crippen molar-refractivity contribution in [1.82, 2.24) is 9.88 Å². The van der Waals surface area contributed by atoms with Gasteiger partial charge in [0.05, 0.1) is 22.2 Å². The molecule has 1 atom stereocenters. The van der Waals surface area contributed by atoms with E-state index in [4.69, 9.17) is 4.74 Å². The van der Waals surface area contributed by atoms with Gasteiger partial charge in [0.25, 0.3) is 0 Å². The molecule has 0 saturated heterocycles. The topological polar surface area (TPSA) is 37.7 Å². The molecule has 0 aliphatic carbocycles. The van der Waals surface area contributed by atoms with Crippen molar-refractivity contribution in [3.63, 3.8) is 0 Å². The van der Waals surface area contributed by atoms with Crippen LogP contribution in [0.25, 0.3) is 0 Å². The maximum Gasteiger partial charge on any atom is 0.228 e. The van der Waals surface area contributed by atoms with Gasteiger partial charge < -0.3 is 9.64 Å². The second-order valence-corrected chi connectivity index (χ2v) is 6.51. The molecular formula is C18H20BrF2N3O. The van der Waals surface area contributed by atoms with Crippen molar-refractivity contribution >= 4 is 28.0 Å². The van der Waals surface area contributed by atoms with Crippen molar-refractivity contribution in [1.29, 1.82) is 0 Å². The van der Waals surface area contributed by atoms with Gasteiger partial charge in [-0.2, -0.15) is 0 Å². The van der Waals surface area contributed by atoms with Crippen LogP contribution in [0.2, 0.25) is 0 Å². The van der Waals surface area contributed by atoms with Gasteiger partial charge in [-0.15, -0.1) is 0 Å². The van der Waals surface area contributed by atoms with Crippen LogP contribution in [0.5, 0.6) is 5.88 Å². The van der Waals surface area contributed by atoms with Crippen molar-refractivity contribution in [2.75, 3.05) is 13.6 Å². The molecule has 2 rings (SSSR count). The second-order valence-electron chi connectivity index (χ2n) is 5.66. The fourth-order valence-electron chi connectivity index (χ4n) is 2.05. The molecule has 7 heteroatoms. The van der Waals surface area contributed by atoms with E-state index in [1.54, 1.807) is 19.3 Å². The molecule has 0 N–H and O–H groups in total. The van der Waals surface area contributed by atoms with E-state index >= 15 is 0 Å². The number of ether oxygens (including phenoxy) is 1. The molecule has 0 aliphatic rings. The number of hydrogen-bond donors (Lipinski definition) is 0. The average molecular weight is 412 g/mol. The van der Waals surface area contributed by atoms with Gasteiger partial charge in [0, 0.05) is 19.7 Å². The molecule has 1 aromatic heterocycles. The minimum absolute atomic E-state index is 0.345. The summed E-state index contributed by atoms with van der Waals surface area (Å²) in [7, 11) is 1.93. The molecule has 0 spiro atoms. The highest BCUT2D eigenvalue weighted by Crippen LogP contribution is 2.32. The lowest BCUT2D eigenvalue weighted by atomic mass is 10.1. The van der Waals surface area contributed by atoms with Crippen LogP contribution in [0.15, 0.2) is 33.7 Å². The standard InChI is InChI=1S/C18H20BrF2N3O/c1-5-24(4)10-22-17-9-16(19)18(23-11(17)2)25-12(3)13-6-14(20)8-15(21)7-13/h6-10,12H,5H2,1-4H3. The summed E-state index contributed by atoms with van der Waals surface area (Å²) in [5.41, 5.74) is 1.80. The summed E-state index contributed by atoms with van der Waals surface area (Å²) in [4.78, 5) is 10.7. The first-order valence-corrected chi connectivity index (χ1v) is 8.63. The van der Waals surface area contributed by atoms with E-state index in [1.807, 2.05) is 25.8 Å². The first kappa shape index (κ1) is 19.3. The molecule has 0 radical (unpaired) electrons. The predicted molar refractivity (Wildman–Crippen MR) is 98.5 cm³/mol. The van der Waals surface area contributed by atoms with Crippen molar-refractivity contribution in [2.24, 2.45) is 4.99 Å². The Kier molecular flexibility index (Phi) is 6.47. The molecule has 25 heavy (non-hydrogen) atoms. The summed E-state index contributed by atoms with van der Waals surface area (Å²) in [6.45, 7) is 6.41. The first-order valence-electron chi connectivity index (χ1n) is 7.84. The summed E-state index contributed by atoms with van der Waals surface area (Å²) >= 11 is 3.41. The first-order chi connectivity index (χ1) is 11.8. The van der Waals surface area contributed by atoms with Crippen LogP contribution < -0.4 is 4.74 Å². The van der Waals surface area contributed by atoms with E-state index in [0.29, 0.717) is 27.3 Å². The molecule has 0 fully saturated rings. The number of nitrogens with zero attached hydrogens (tertiary/aromatic N) is 3. The van der Waals surface area contributed by atoms with Crippen molar-refractivity contribution in [3.8, 4) is 5.88 Å². The summed E-state index contributed by atoms with van der Waals surface area (Å²) < 4.78 is 33.1. The van der Waals surface area contributed by atoms with Gasteiger partial charge in [-0.1, -0.05) is 0 Å². The van der Waals surface area contributed by atoms with Gasteiger partial charge in [0.1, 0.15) is 17.7 Å². The highest BCUT2D eigenvalue weighted by atomic mass is 79.9. The fourth-order valence-corrected chi connectivity index (χ4v) is 2.45. The Morgan fingerprint density at radius 1 is 1.28 bits per heavy atom. The van der Waals surface area contributed by atoms with E-state index in [0.717, 1.165) is 12.6 Å². The molecule has 1 aromatic carbocycles. The third kappa shape index (κ3) is 5.22. The quantitative estimate of drug-likeness (QED) is 0.485. The van der Waals surface area contributed by atoms with Crippen LogP contribution >= 0.6 is 15.9 Å². The maximum absolute atomic E-state index is 13.4. The Bertz CT molecular complexity index is 763. The second kappa shape index (κ2) is 8.38. The van der Waals surface area contributed by atoms with E-state index in [9.17, 15) is 8.78 Å². The van der Waals surface area contributed by atoms with E-state index in [-0.39, 0.29) is 0 Å². The molecule has 134 valence electrons. The molecule has 2 aromatic rings. The zero-order valence-electron chi connectivity index (χ0n) is 14.6. The number of halogens is 3. The minimum atomic E-state index is -0.640. The number of aliphatic imine (C=N–C) groups is 1. The Morgan fingerprint density at radius 2 is 1.92 bits per heavy atom. The predicted octanol–water partition coefficient (Wildman–Crippen LogP) is 5.18. The van der Waals surface area contributed by atoms with E-state index in [1.165, 1.54) is 12.1 Å². The lowest BCUT2D eigenvalue weighted by Gasteiger charge is -2.16. The van der Waals surface area contributed by atoms with Gasteiger partial charge in [-0.25, -0.2) is 18.8 Å². The molecule has 1 unspecified atom stereocenters. The minimum Gasteiger partial charge on any atom is -0.469 e. The van der Waals surface area contributed by atoms with Crippen LogP contribution in [-0.2, 0) is 0 Å². The summed E-state index contributed by atoms with van der Waals surface area (Å²) in [6.07, 6.45) is 1.17. The lowest BCUT2D eigenvalue weighted by molar-refractivity contribution is 0.214. The van der Waals surface area contributed by atoms with Crippen LogP contribution in [0.1, 0.15) is 31.2 Å². The molecular weight excluding hydrogens is 392 g/mol. The molecule has 0 aliphatic heterocycles. The van der Waals surface area contributed by atoms with E-state index < -0.39 is 17.7 Å². The largest absolute Gasteiger partial charge is 0.469 e. The number of aromatic nitrogens is 1. The smallest absolute Gasteiger partial charge is 0.228 e. The Hall–Kier alpha value is -2.02. The van der Waals surface area contributed by atoms with Crippen LogP contribution in [-0.4, -0.2) is 29.8 Å². The van der Waals surface area contributed by atoms with Gasteiger partial charge in [0.15, 0.2) is 0 Å². The Morgan fingerprint density at radius 3 is 2.52 bits per heavy atom. The molecule has 4 nitrogen and oxygen atoms in total. The highest BCUT2D eigenvalue weighted by Gasteiger charge is 2.15. The van der Waals surface area contributed by atoms with Crippen LogP contribution in [0, 0.1) is 18.6 Å². The summed E-state index contributed by atoms with van der Waals surface area (Å²) in [5, 5.41) is 0. The zero-order chi connectivity index (χ0) is 18.6. The SMILES string of the molecule is CCN(C)C=Nc1cc(Br)c(OC(C)c2cc(F)cc(F)c2)nc1C. The fraction of sp³-hybridized carbons (Fsp3) is 0.333. The third-order valence-electron chi connectivity index (χ3n) is 3.64. The van der Waals surface area contributed by atoms with Gasteiger partial charge >= 0.3 is 0 Å². The van der Waals surface area contributed by atoms with Crippen molar-refractivity contribution in [2.45, 2.75) is 26.9 Å². The number of benzene rings is 1. The zero-order valence-corrected chi connectivity index (χ0v) is 16.1. The molecule has 0 bridgehead atoms. The van der Waals surface area contributed by atoms with Crippen LogP contribution in [0.4, 0.5) is 14.5 Å². The van der Waals surface area contributed by atoms with E-state index in [2.05, 4.69) is 25.9 Å². The van der Waals surface area contributed by atoms with Crippen molar-refractivity contribution < 1.29 is 13.5 Å². The number of pyridine rings is 1. The number of hydrogen-bond acceptors (Lipinski definition) is 3. The summed E-state index contributed by atoms with van der Waals surface area (Å²) in [5.74, 6) is -0.936. The van der Waals surface area contributed by atoms with Crippen LogP contribution in [0.3, 0.4) is 0 Å². The number of rotatable bonds is 6. The number of aryl methyl sites for hydroxylation is 1.